The van der Waals surface area contributed by atoms with Crippen molar-refractivity contribution in [1.82, 2.24) is 14.7 Å². The summed E-state index contributed by atoms with van der Waals surface area (Å²) >= 11 is -0.368. The van der Waals surface area contributed by atoms with E-state index in [0.29, 0.717) is 0 Å². The van der Waals surface area contributed by atoms with Gasteiger partial charge < -0.3 is 20.0 Å². The summed E-state index contributed by atoms with van der Waals surface area (Å²) in [4.78, 5) is 6.79. The summed E-state index contributed by atoms with van der Waals surface area (Å²) in [5.74, 6) is 0. The average Bonchev–Trinajstić information content (AvgIpc) is 2.53. The van der Waals surface area contributed by atoms with Gasteiger partial charge in [-0.1, -0.05) is 30.3 Å². The van der Waals surface area contributed by atoms with Crippen molar-refractivity contribution in [3.63, 3.8) is 0 Å². The van der Waals surface area contributed by atoms with Crippen LogP contribution in [0.15, 0.2) is 30.3 Å². The monoisotopic (exact) mass is 400 g/mol. The van der Waals surface area contributed by atoms with E-state index < -0.39 is 0 Å². The van der Waals surface area contributed by atoms with Crippen LogP contribution in [0.5, 0.6) is 0 Å². The van der Waals surface area contributed by atoms with Crippen LogP contribution >= 0.6 is 19.7 Å². The minimum atomic E-state index is -0.368. The second-order valence-electron chi connectivity index (χ2n) is 5.53. The molecule has 23 heavy (non-hydrogen) atoms. The first-order valence-corrected chi connectivity index (χ1v) is 11.3. The van der Waals surface area contributed by atoms with Crippen LogP contribution in [0.25, 0.3) is 5.32 Å². The molecule has 0 fully saturated rings. The molecular formula is C16H31Cl2N4V-. The normalized spacial score (nSPS) is 9.87. The van der Waals surface area contributed by atoms with Gasteiger partial charge in [-0.2, -0.15) is 0 Å². The van der Waals surface area contributed by atoms with E-state index in [9.17, 15) is 0 Å². The number of nitrogens with zero attached hydrogens (tertiary/aromatic N) is 4. The van der Waals surface area contributed by atoms with Crippen molar-refractivity contribution in [3.05, 3.63) is 35.6 Å². The molecule has 0 bridgehead atoms. The topological polar surface area (TPSA) is 23.8 Å². The Morgan fingerprint density at radius 3 is 1.48 bits per heavy atom. The van der Waals surface area contributed by atoms with E-state index in [2.05, 4.69) is 55.3 Å². The van der Waals surface area contributed by atoms with Crippen LogP contribution < -0.4 is 0 Å². The average molecular weight is 401 g/mol. The van der Waals surface area contributed by atoms with Gasteiger partial charge in [-0.05, 0) is 35.2 Å². The fourth-order valence-corrected chi connectivity index (χ4v) is 1.43. The first-order chi connectivity index (χ1) is 10.9. The van der Waals surface area contributed by atoms with Gasteiger partial charge in [-0.25, -0.2) is 0 Å². The Balaban J connectivity index is 0. The van der Waals surface area contributed by atoms with Crippen LogP contribution in [0, 0.1) is 0 Å². The summed E-state index contributed by atoms with van der Waals surface area (Å²) < 4.78 is 0. The zero-order valence-electron chi connectivity index (χ0n) is 15.2. The van der Waals surface area contributed by atoms with Crippen molar-refractivity contribution >= 4 is 25.4 Å². The predicted octanol–water partition coefficient (Wildman–Crippen LogP) is 3.74. The van der Waals surface area contributed by atoms with E-state index in [0.717, 1.165) is 31.9 Å². The van der Waals surface area contributed by atoms with Gasteiger partial charge in [0.25, 0.3) is 0 Å². The molecule has 0 saturated carbocycles. The molecule has 0 aliphatic carbocycles. The van der Waals surface area contributed by atoms with E-state index in [4.69, 9.17) is 19.7 Å². The van der Waals surface area contributed by atoms with Crippen molar-refractivity contribution in [2.24, 2.45) is 0 Å². The number of halogens is 2. The Morgan fingerprint density at radius 2 is 1.22 bits per heavy atom. The molecule has 1 aromatic carbocycles. The number of hydrogen-bond donors (Lipinski definition) is 0. The van der Waals surface area contributed by atoms with Crippen molar-refractivity contribution < 1.29 is 14.4 Å². The number of benzene rings is 1. The molecule has 7 heteroatoms. The summed E-state index contributed by atoms with van der Waals surface area (Å²) in [6, 6.07) is 9.87. The van der Waals surface area contributed by atoms with Gasteiger partial charge in [0.2, 0.25) is 0 Å². The number of hydrogen-bond acceptors (Lipinski definition) is 3. The molecule has 0 aliphatic heterocycles. The molecule has 135 valence electrons. The van der Waals surface area contributed by atoms with Gasteiger partial charge >= 0.3 is 34.1 Å². The summed E-state index contributed by atoms with van der Waals surface area (Å²) in [6.07, 6.45) is 0. The molecule has 0 heterocycles. The fraction of sp³-hybridized carbons (Fsp3) is 0.625. The Hall–Kier alpha value is 0.0644. The molecule has 1 aromatic rings. The van der Waals surface area contributed by atoms with Crippen molar-refractivity contribution in [2.75, 3.05) is 68.5 Å². The summed E-state index contributed by atoms with van der Waals surface area (Å²) in [6.45, 7) is 4.59. The Bertz CT molecular complexity index is 328. The summed E-state index contributed by atoms with van der Waals surface area (Å²) in [5, 5.41) is 3.97. The van der Waals surface area contributed by atoms with Crippen LogP contribution in [0.2, 0.25) is 0 Å². The molecule has 0 aliphatic rings. The molecule has 0 N–H and O–H groups in total. The molecule has 0 radical (unpaired) electrons. The molecule has 0 aromatic heterocycles. The molecule has 0 unspecified atom stereocenters. The maximum atomic E-state index is 4.86. The number of rotatable bonds is 7. The standard InChI is InChI=1S/C9H23N3.C7H8N.2ClH.V/c1-10(2)6-8-12(5)9-7-11(3)4;1-8-7-5-3-2-4-6-7;;;/h6-9H2,1-5H3;2-6H,1H3;2*1H;/q;-1;;;+2/p-2. The third-order valence-electron chi connectivity index (χ3n) is 2.87. The third kappa shape index (κ3) is 22.1. The van der Waals surface area contributed by atoms with Gasteiger partial charge in [0.1, 0.15) is 0 Å². The molecule has 0 atom stereocenters. The van der Waals surface area contributed by atoms with E-state index in [-0.39, 0.29) is 14.4 Å². The van der Waals surface area contributed by atoms with E-state index in [1.54, 1.807) is 7.05 Å². The Kier molecular flexibility index (Phi) is 20.2. The fourth-order valence-electron chi connectivity index (χ4n) is 1.43. The van der Waals surface area contributed by atoms with E-state index in [1.807, 2.05) is 30.3 Å². The molecule has 0 spiro atoms. The molecule has 4 nitrogen and oxygen atoms in total. The number of likely N-dealkylation sites (N-methyl/N-ethyl adjacent to an activating group) is 3. The van der Waals surface area contributed by atoms with Crippen molar-refractivity contribution in [3.8, 4) is 0 Å². The molecular weight excluding hydrogens is 370 g/mol. The van der Waals surface area contributed by atoms with Gasteiger partial charge in [-0.15, -0.1) is 12.7 Å². The van der Waals surface area contributed by atoms with Crippen molar-refractivity contribution in [2.45, 2.75) is 0 Å². The third-order valence-corrected chi connectivity index (χ3v) is 2.87. The van der Waals surface area contributed by atoms with E-state index in [1.165, 1.54) is 0 Å². The van der Waals surface area contributed by atoms with Crippen LogP contribution in [-0.2, 0) is 14.4 Å². The predicted molar refractivity (Wildman–Crippen MR) is 102 cm³/mol. The minimum absolute atomic E-state index is 0.368. The molecule has 1 rings (SSSR count). The maximum absolute atomic E-state index is 4.86. The Labute approximate surface area is 158 Å². The van der Waals surface area contributed by atoms with Crippen LogP contribution in [0.1, 0.15) is 0 Å². The van der Waals surface area contributed by atoms with E-state index >= 15 is 0 Å². The zero-order valence-corrected chi connectivity index (χ0v) is 18.1. The Morgan fingerprint density at radius 1 is 0.826 bits per heavy atom. The summed E-state index contributed by atoms with van der Waals surface area (Å²) in [5.41, 5.74) is 1.03. The molecule has 0 saturated heterocycles. The molecule has 0 amide bonds. The number of para-hydroxylation sites is 1. The van der Waals surface area contributed by atoms with Crippen molar-refractivity contribution in [1.29, 1.82) is 0 Å². The van der Waals surface area contributed by atoms with Gasteiger partial charge in [0.15, 0.2) is 0 Å². The van der Waals surface area contributed by atoms with Crippen LogP contribution in [0.4, 0.5) is 5.69 Å². The van der Waals surface area contributed by atoms with Gasteiger partial charge in [0, 0.05) is 26.2 Å². The second kappa shape index (κ2) is 18.4. The van der Waals surface area contributed by atoms with Gasteiger partial charge in [-0.3, -0.25) is 0 Å². The quantitative estimate of drug-likeness (QED) is 0.696. The van der Waals surface area contributed by atoms with Crippen LogP contribution in [-0.4, -0.2) is 83.2 Å². The first kappa shape index (κ1) is 25.3. The van der Waals surface area contributed by atoms with Gasteiger partial charge in [0.05, 0.1) is 0 Å². The second-order valence-corrected chi connectivity index (χ2v) is 7.84. The van der Waals surface area contributed by atoms with Crippen LogP contribution in [0.3, 0.4) is 0 Å². The first-order valence-electron chi connectivity index (χ1n) is 7.42. The summed E-state index contributed by atoms with van der Waals surface area (Å²) in [7, 11) is 22.1. The zero-order chi connectivity index (χ0) is 18.1. The SMILES string of the molecule is CN(C)CCN(C)CCN(C)C.C[N-]c1ccccc1.[Cl][V][Cl].